The molecule has 0 aliphatic carbocycles. The van der Waals surface area contributed by atoms with Crippen molar-refractivity contribution in [2.75, 3.05) is 18.9 Å². The van der Waals surface area contributed by atoms with Crippen molar-refractivity contribution in [3.63, 3.8) is 0 Å². The van der Waals surface area contributed by atoms with Gasteiger partial charge in [0.15, 0.2) is 0 Å². The molecule has 0 fully saturated rings. The highest BCUT2D eigenvalue weighted by atomic mass is 16.2. The van der Waals surface area contributed by atoms with Crippen molar-refractivity contribution >= 4 is 17.5 Å². The monoisotopic (exact) mass is 417 g/mol. The number of anilines is 1. The molecule has 5 nitrogen and oxygen atoms in total. The lowest BCUT2D eigenvalue weighted by molar-refractivity contribution is -0.116. The Morgan fingerprint density at radius 1 is 0.968 bits per heavy atom. The molecule has 5 heteroatoms. The molecule has 1 N–H and O–H groups in total. The number of para-hydroxylation sites is 1. The maximum Gasteiger partial charge on any atom is 0.255 e. The molecule has 0 bridgehead atoms. The molecule has 0 aliphatic rings. The Morgan fingerprint density at radius 2 is 1.58 bits per heavy atom. The van der Waals surface area contributed by atoms with Crippen molar-refractivity contribution in [3.05, 3.63) is 88.2 Å². The van der Waals surface area contributed by atoms with Gasteiger partial charge in [0.2, 0.25) is 5.91 Å². The Morgan fingerprint density at radius 3 is 2.19 bits per heavy atom. The standard InChI is InChI=1S/C26H31N3O2/c1-17-11-10-12-18(2)25(17)27-24(30)16-28(6)26(31)23-15-19(3)29(21(23)5)20(4)22-13-8-7-9-14-22/h7-15,20H,16H2,1-6H3,(H,27,30). The molecule has 1 aromatic heterocycles. The largest absolute Gasteiger partial charge is 0.341 e. The van der Waals surface area contributed by atoms with E-state index < -0.39 is 0 Å². The topological polar surface area (TPSA) is 54.3 Å². The van der Waals surface area contributed by atoms with Crippen molar-refractivity contribution in [1.29, 1.82) is 0 Å². The SMILES string of the molecule is Cc1cccc(C)c1NC(=O)CN(C)C(=O)c1cc(C)n(C(C)c2ccccc2)c1C. The predicted molar refractivity (Wildman–Crippen MR) is 126 cm³/mol. The van der Waals surface area contributed by atoms with E-state index in [1.807, 2.05) is 70.2 Å². The summed E-state index contributed by atoms with van der Waals surface area (Å²) in [5.74, 6) is -0.365. The minimum Gasteiger partial charge on any atom is -0.341 e. The predicted octanol–water partition coefficient (Wildman–Crippen LogP) is 5.04. The van der Waals surface area contributed by atoms with Crippen molar-refractivity contribution < 1.29 is 9.59 Å². The van der Waals surface area contributed by atoms with E-state index in [0.717, 1.165) is 28.2 Å². The molecule has 1 heterocycles. The van der Waals surface area contributed by atoms with E-state index in [9.17, 15) is 9.59 Å². The highest BCUT2D eigenvalue weighted by molar-refractivity contribution is 6.00. The quantitative estimate of drug-likeness (QED) is 0.611. The van der Waals surface area contributed by atoms with E-state index in [1.165, 1.54) is 10.5 Å². The van der Waals surface area contributed by atoms with Crippen LogP contribution in [0.2, 0.25) is 0 Å². The molecular weight excluding hydrogens is 386 g/mol. The number of aromatic nitrogens is 1. The van der Waals surface area contributed by atoms with Crippen LogP contribution in [0, 0.1) is 27.7 Å². The van der Waals surface area contributed by atoms with E-state index in [1.54, 1.807) is 7.05 Å². The van der Waals surface area contributed by atoms with Gasteiger partial charge in [-0.25, -0.2) is 0 Å². The van der Waals surface area contributed by atoms with Gasteiger partial charge in [-0.2, -0.15) is 0 Å². The number of carbonyl (C=O) groups excluding carboxylic acids is 2. The summed E-state index contributed by atoms with van der Waals surface area (Å²) in [6.45, 7) is 10.0. The van der Waals surface area contributed by atoms with Gasteiger partial charge in [0, 0.05) is 24.1 Å². The zero-order valence-corrected chi connectivity index (χ0v) is 19.2. The lowest BCUT2D eigenvalue weighted by Crippen LogP contribution is -2.35. The van der Waals surface area contributed by atoms with Crippen LogP contribution in [-0.4, -0.2) is 34.9 Å². The van der Waals surface area contributed by atoms with Crippen LogP contribution in [0.5, 0.6) is 0 Å². The number of hydrogen-bond acceptors (Lipinski definition) is 2. The summed E-state index contributed by atoms with van der Waals surface area (Å²) >= 11 is 0. The van der Waals surface area contributed by atoms with Crippen molar-refractivity contribution in [1.82, 2.24) is 9.47 Å². The summed E-state index contributed by atoms with van der Waals surface area (Å²) in [6.07, 6.45) is 0. The van der Waals surface area contributed by atoms with Crippen LogP contribution in [0.1, 0.15) is 51.4 Å². The van der Waals surface area contributed by atoms with Gasteiger partial charge in [-0.1, -0.05) is 48.5 Å². The molecule has 0 radical (unpaired) electrons. The van der Waals surface area contributed by atoms with Gasteiger partial charge in [0.1, 0.15) is 0 Å². The maximum atomic E-state index is 13.1. The average molecular weight is 418 g/mol. The van der Waals surface area contributed by atoms with E-state index in [-0.39, 0.29) is 24.4 Å². The lowest BCUT2D eigenvalue weighted by atomic mass is 10.1. The van der Waals surface area contributed by atoms with Crippen molar-refractivity contribution in [2.45, 2.75) is 40.7 Å². The summed E-state index contributed by atoms with van der Waals surface area (Å²) in [7, 11) is 1.67. The number of rotatable bonds is 6. The van der Waals surface area contributed by atoms with Crippen molar-refractivity contribution in [2.24, 2.45) is 0 Å². The van der Waals surface area contributed by atoms with Crippen LogP contribution < -0.4 is 5.32 Å². The highest BCUT2D eigenvalue weighted by Gasteiger charge is 2.23. The lowest BCUT2D eigenvalue weighted by Gasteiger charge is -2.20. The summed E-state index contributed by atoms with van der Waals surface area (Å²) in [6, 6.07) is 18.1. The van der Waals surface area contributed by atoms with Gasteiger partial charge >= 0.3 is 0 Å². The smallest absolute Gasteiger partial charge is 0.255 e. The molecule has 2 aromatic carbocycles. The second-order valence-corrected chi connectivity index (χ2v) is 8.22. The first-order valence-electron chi connectivity index (χ1n) is 10.6. The second-order valence-electron chi connectivity index (χ2n) is 8.22. The first-order valence-corrected chi connectivity index (χ1v) is 10.6. The Balaban J connectivity index is 1.76. The average Bonchev–Trinajstić information content (AvgIpc) is 3.04. The number of amides is 2. The molecule has 0 aliphatic heterocycles. The van der Waals surface area contributed by atoms with Crippen molar-refractivity contribution in [3.8, 4) is 0 Å². The first-order chi connectivity index (χ1) is 14.7. The number of likely N-dealkylation sites (N-methyl/N-ethyl adjacent to an activating group) is 1. The van der Waals surface area contributed by atoms with Crippen LogP contribution >= 0.6 is 0 Å². The molecule has 2 amide bonds. The third-order valence-corrected chi connectivity index (χ3v) is 5.86. The van der Waals surface area contributed by atoms with Crippen LogP contribution in [0.15, 0.2) is 54.6 Å². The molecule has 0 saturated heterocycles. The number of nitrogens with one attached hydrogen (secondary N) is 1. The Hall–Kier alpha value is -3.34. The molecular formula is C26H31N3O2. The first kappa shape index (κ1) is 22.3. The second kappa shape index (κ2) is 9.21. The summed E-state index contributed by atoms with van der Waals surface area (Å²) in [5.41, 5.74) is 6.54. The van der Waals surface area contributed by atoms with Crippen LogP contribution in [0.25, 0.3) is 0 Å². The number of aryl methyl sites for hydroxylation is 3. The van der Waals surface area contributed by atoms with E-state index in [0.29, 0.717) is 5.56 Å². The van der Waals surface area contributed by atoms with E-state index in [2.05, 4.69) is 28.9 Å². The summed E-state index contributed by atoms with van der Waals surface area (Å²) in [4.78, 5) is 27.2. The molecule has 1 unspecified atom stereocenters. The van der Waals surface area contributed by atoms with Gasteiger partial charge in [-0.3, -0.25) is 9.59 Å². The molecule has 0 saturated carbocycles. The molecule has 3 aromatic rings. The molecule has 31 heavy (non-hydrogen) atoms. The fourth-order valence-corrected chi connectivity index (χ4v) is 4.15. The molecule has 162 valence electrons. The maximum absolute atomic E-state index is 13.1. The molecule has 1 atom stereocenters. The Bertz CT molecular complexity index is 1080. The molecule has 3 rings (SSSR count). The van der Waals surface area contributed by atoms with Crippen LogP contribution in [0.4, 0.5) is 5.69 Å². The van der Waals surface area contributed by atoms with Gasteiger partial charge < -0.3 is 14.8 Å². The van der Waals surface area contributed by atoms with Crippen LogP contribution in [0.3, 0.4) is 0 Å². The van der Waals surface area contributed by atoms with Gasteiger partial charge in [0.25, 0.3) is 5.91 Å². The van der Waals surface area contributed by atoms with Gasteiger partial charge in [-0.15, -0.1) is 0 Å². The fraction of sp³-hybridized carbons (Fsp3) is 0.308. The van der Waals surface area contributed by atoms with E-state index in [4.69, 9.17) is 0 Å². The minimum absolute atomic E-state index is 0.00941. The fourth-order valence-electron chi connectivity index (χ4n) is 4.15. The van der Waals surface area contributed by atoms with Crippen LogP contribution in [-0.2, 0) is 4.79 Å². The highest BCUT2D eigenvalue weighted by Crippen LogP contribution is 2.26. The normalized spacial score (nSPS) is 11.8. The van der Waals surface area contributed by atoms with Gasteiger partial charge in [0.05, 0.1) is 18.2 Å². The van der Waals surface area contributed by atoms with E-state index >= 15 is 0 Å². The third-order valence-electron chi connectivity index (χ3n) is 5.86. The molecule has 0 spiro atoms. The third kappa shape index (κ3) is 4.71. The van der Waals surface area contributed by atoms with Gasteiger partial charge in [-0.05, 0) is 57.4 Å². The Labute approximate surface area is 184 Å². The number of hydrogen-bond donors (Lipinski definition) is 1. The number of benzene rings is 2. The Kier molecular flexibility index (Phi) is 6.64. The zero-order chi connectivity index (χ0) is 22.7. The number of carbonyl (C=O) groups is 2. The zero-order valence-electron chi connectivity index (χ0n) is 19.2. The summed E-state index contributed by atoms with van der Waals surface area (Å²) < 4.78 is 2.17. The summed E-state index contributed by atoms with van der Waals surface area (Å²) in [5, 5.41) is 2.95. The minimum atomic E-state index is -0.209. The number of nitrogens with zero attached hydrogens (tertiary/aromatic N) is 2.